The van der Waals surface area contributed by atoms with Crippen LogP contribution < -0.4 is 11.2 Å². The number of hydrogen-bond donors (Lipinski definition) is 0. The van der Waals surface area contributed by atoms with Crippen molar-refractivity contribution in [2.45, 2.75) is 39.3 Å². The summed E-state index contributed by atoms with van der Waals surface area (Å²) >= 11 is 0. The van der Waals surface area contributed by atoms with Crippen molar-refractivity contribution in [2.24, 2.45) is 21.1 Å². The van der Waals surface area contributed by atoms with Crippen molar-refractivity contribution in [1.82, 2.24) is 23.8 Å². The van der Waals surface area contributed by atoms with Crippen LogP contribution in [0, 0.1) is 13.8 Å². The normalized spacial score (nSPS) is 18.5. The summed E-state index contributed by atoms with van der Waals surface area (Å²) in [5.41, 5.74) is 3.75. The van der Waals surface area contributed by atoms with Crippen LogP contribution >= 0.6 is 0 Å². The largest absolute Gasteiger partial charge is 0.330 e. The molecule has 0 aliphatic carbocycles. The van der Waals surface area contributed by atoms with Crippen LogP contribution in [0.2, 0.25) is 0 Å². The van der Waals surface area contributed by atoms with Crippen molar-refractivity contribution >= 4 is 0 Å². The zero-order valence-corrected chi connectivity index (χ0v) is 15.0. The number of nitrogens with zero attached hydrogens (tertiary/aromatic N) is 5. The van der Waals surface area contributed by atoms with E-state index >= 15 is 0 Å². The van der Waals surface area contributed by atoms with Crippen molar-refractivity contribution in [2.75, 3.05) is 6.54 Å². The Balaban J connectivity index is 1.96. The summed E-state index contributed by atoms with van der Waals surface area (Å²) in [6.45, 7) is 5.70. The maximum absolute atomic E-state index is 12.1. The monoisotopic (exact) mass is 331 g/mol. The van der Waals surface area contributed by atoms with E-state index in [9.17, 15) is 9.59 Å². The molecular weight excluding hydrogens is 306 g/mol. The van der Waals surface area contributed by atoms with Crippen LogP contribution in [0.1, 0.15) is 41.5 Å². The van der Waals surface area contributed by atoms with E-state index in [1.165, 1.54) is 18.3 Å². The molecule has 1 fully saturated rings. The van der Waals surface area contributed by atoms with E-state index in [1.807, 2.05) is 18.7 Å². The van der Waals surface area contributed by atoms with E-state index in [2.05, 4.69) is 16.9 Å². The van der Waals surface area contributed by atoms with Crippen LogP contribution in [0.4, 0.5) is 0 Å². The van der Waals surface area contributed by atoms with Crippen molar-refractivity contribution in [1.29, 1.82) is 0 Å². The molecule has 7 heteroatoms. The highest BCUT2D eigenvalue weighted by Gasteiger charge is 2.30. The molecule has 0 bridgehead atoms. The number of aromatic nitrogens is 4. The number of aryl methyl sites for hydroxylation is 2. The van der Waals surface area contributed by atoms with Crippen molar-refractivity contribution in [3.63, 3.8) is 0 Å². The minimum Gasteiger partial charge on any atom is -0.299 e. The van der Waals surface area contributed by atoms with Gasteiger partial charge in [0, 0.05) is 56.7 Å². The lowest BCUT2D eigenvalue weighted by Crippen LogP contribution is -2.39. The molecule has 0 N–H and O–H groups in total. The quantitative estimate of drug-likeness (QED) is 0.833. The maximum Gasteiger partial charge on any atom is 0.330 e. The first-order valence-electron chi connectivity index (χ1n) is 8.31. The van der Waals surface area contributed by atoms with Crippen LogP contribution in [-0.2, 0) is 27.7 Å². The zero-order chi connectivity index (χ0) is 17.6. The van der Waals surface area contributed by atoms with Crippen molar-refractivity contribution in [3.05, 3.63) is 49.5 Å². The van der Waals surface area contributed by atoms with Gasteiger partial charge in [0.15, 0.2) is 0 Å². The molecule has 7 nitrogen and oxygen atoms in total. The second-order valence-corrected chi connectivity index (χ2v) is 6.71. The predicted octanol–water partition coefficient (Wildman–Crippen LogP) is 0.771. The van der Waals surface area contributed by atoms with Gasteiger partial charge in [0.2, 0.25) is 0 Å². The predicted molar refractivity (Wildman–Crippen MR) is 92.0 cm³/mol. The first-order valence-corrected chi connectivity index (χ1v) is 8.31. The number of rotatable bonds is 3. The zero-order valence-electron chi connectivity index (χ0n) is 15.0. The third-order valence-corrected chi connectivity index (χ3v) is 5.25. The molecule has 0 saturated carbocycles. The van der Waals surface area contributed by atoms with Crippen LogP contribution in [-0.4, -0.2) is 30.4 Å². The van der Waals surface area contributed by atoms with E-state index in [0.717, 1.165) is 35.3 Å². The first-order chi connectivity index (χ1) is 11.3. The first kappa shape index (κ1) is 16.7. The second-order valence-electron chi connectivity index (χ2n) is 6.71. The summed E-state index contributed by atoms with van der Waals surface area (Å²) < 4.78 is 4.63. The lowest BCUT2D eigenvalue weighted by molar-refractivity contribution is 0.240. The van der Waals surface area contributed by atoms with Gasteiger partial charge < -0.3 is 0 Å². The molecule has 0 amide bonds. The molecular formula is C17H25N5O2. The average molecular weight is 331 g/mol. The van der Waals surface area contributed by atoms with Gasteiger partial charge in [-0.15, -0.1) is 0 Å². The van der Waals surface area contributed by atoms with E-state index in [-0.39, 0.29) is 17.3 Å². The lowest BCUT2D eigenvalue weighted by Gasteiger charge is -2.26. The maximum atomic E-state index is 12.1. The Bertz CT molecular complexity index is 890. The van der Waals surface area contributed by atoms with E-state index in [0.29, 0.717) is 6.54 Å². The molecule has 1 aliphatic heterocycles. The molecule has 0 radical (unpaired) electrons. The highest BCUT2D eigenvalue weighted by Crippen LogP contribution is 2.36. The molecule has 0 aromatic carbocycles. The standard InChI is InChI=1S/C17H25N5O2/c1-11-16(12(2)21(5)18-11)14-7-6-8-22(14)10-13-9-15(23)20(4)17(24)19(13)3/h9,14H,6-8,10H2,1-5H3/t14-/m0/s1. The second kappa shape index (κ2) is 6.05. The fourth-order valence-electron chi connectivity index (χ4n) is 3.75. The highest BCUT2D eigenvalue weighted by atomic mass is 16.2. The topological polar surface area (TPSA) is 65.1 Å². The Labute approximate surface area is 141 Å². The summed E-state index contributed by atoms with van der Waals surface area (Å²) in [6.07, 6.45) is 2.18. The smallest absolute Gasteiger partial charge is 0.299 e. The van der Waals surface area contributed by atoms with E-state index < -0.39 is 0 Å². The molecule has 130 valence electrons. The number of likely N-dealkylation sites (tertiary alicyclic amines) is 1. The van der Waals surface area contributed by atoms with E-state index in [1.54, 1.807) is 17.7 Å². The summed E-state index contributed by atoms with van der Waals surface area (Å²) in [5.74, 6) is 0. The van der Waals surface area contributed by atoms with Crippen molar-refractivity contribution < 1.29 is 0 Å². The van der Waals surface area contributed by atoms with Gasteiger partial charge in [-0.05, 0) is 33.2 Å². The minimum absolute atomic E-state index is 0.252. The lowest BCUT2D eigenvalue weighted by atomic mass is 10.0. The Morgan fingerprint density at radius 3 is 2.50 bits per heavy atom. The van der Waals surface area contributed by atoms with Crippen LogP contribution in [0.15, 0.2) is 15.7 Å². The minimum atomic E-state index is -0.276. The van der Waals surface area contributed by atoms with Crippen molar-refractivity contribution in [3.8, 4) is 0 Å². The molecule has 3 rings (SSSR count). The summed E-state index contributed by atoms with van der Waals surface area (Å²) in [4.78, 5) is 26.5. The summed E-state index contributed by atoms with van der Waals surface area (Å²) in [6, 6.07) is 1.86. The molecule has 0 unspecified atom stereocenters. The average Bonchev–Trinajstić information content (AvgIpc) is 3.07. The van der Waals surface area contributed by atoms with Gasteiger partial charge in [-0.3, -0.25) is 23.5 Å². The Hall–Kier alpha value is -2.15. The van der Waals surface area contributed by atoms with Gasteiger partial charge in [-0.25, -0.2) is 4.79 Å². The molecule has 1 saturated heterocycles. The SMILES string of the molecule is Cc1nn(C)c(C)c1[C@@H]1CCCN1Cc1cc(=O)n(C)c(=O)n1C. The van der Waals surface area contributed by atoms with Gasteiger partial charge in [-0.1, -0.05) is 0 Å². The fourth-order valence-corrected chi connectivity index (χ4v) is 3.75. The molecule has 1 aliphatic rings. The molecule has 2 aromatic rings. The third-order valence-electron chi connectivity index (χ3n) is 5.25. The summed E-state index contributed by atoms with van der Waals surface area (Å²) in [7, 11) is 5.20. The molecule has 2 aromatic heterocycles. The van der Waals surface area contributed by atoms with E-state index in [4.69, 9.17) is 0 Å². The summed E-state index contributed by atoms with van der Waals surface area (Å²) in [5, 5.41) is 4.54. The highest BCUT2D eigenvalue weighted by molar-refractivity contribution is 5.29. The Kier molecular flexibility index (Phi) is 4.21. The van der Waals surface area contributed by atoms with Gasteiger partial charge in [-0.2, -0.15) is 5.10 Å². The van der Waals surface area contributed by atoms with Crippen LogP contribution in [0.5, 0.6) is 0 Å². The molecule has 0 spiro atoms. The molecule has 24 heavy (non-hydrogen) atoms. The van der Waals surface area contributed by atoms with Gasteiger partial charge in [0.25, 0.3) is 5.56 Å². The van der Waals surface area contributed by atoms with Gasteiger partial charge in [0.1, 0.15) is 0 Å². The molecule has 1 atom stereocenters. The number of hydrogen-bond acceptors (Lipinski definition) is 4. The Morgan fingerprint density at radius 1 is 1.17 bits per heavy atom. The molecule has 3 heterocycles. The third kappa shape index (κ3) is 2.62. The van der Waals surface area contributed by atoms with Gasteiger partial charge >= 0.3 is 5.69 Å². The van der Waals surface area contributed by atoms with Crippen LogP contribution in [0.3, 0.4) is 0 Å². The fraction of sp³-hybridized carbons (Fsp3) is 0.588. The Morgan fingerprint density at radius 2 is 1.88 bits per heavy atom. The van der Waals surface area contributed by atoms with Gasteiger partial charge in [0.05, 0.1) is 5.69 Å². The van der Waals surface area contributed by atoms with Crippen LogP contribution in [0.25, 0.3) is 0 Å².